The number of rotatable bonds is 5. The summed E-state index contributed by atoms with van der Waals surface area (Å²) in [5, 5.41) is 13.1. The number of piperidine rings is 1. The molecule has 2 fully saturated rings. The van der Waals surface area contributed by atoms with E-state index in [2.05, 4.69) is 15.3 Å². The molecule has 224 valence electrons. The largest absolute Gasteiger partial charge is 0.416 e. The van der Waals surface area contributed by atoms with E-state index < -0.39 is 29.2 Å². The van der Waals surface area contributed by atoms with Gasteiger partial charge < -0.3 is 25.8 Å². The summed E-state index contributed by atoms with van der Waals surface area (Å²) in [6.45, 7) is 3.11. The molecule has 14 heteroatoms. The van der Waals surface area contributed by atoms with Gasteiger partial charge >= 0.3 is 6.18 Å². The number of likely N-dealkylation sites (tertiary alicyclic amines) is 1. The Hall–Kier alpha value is -4.56. The third kappa shape index (κ3) is 5.39. The average molecular weight is 596 g/mol. The van der Waals surface area contributed by atoms with Gasteiger partial charge in [0.1, 0.15) is 28.7 Å². The van der Waals surface area contributed by atoms with Crippen molar-refractivity contribution in [2.45, 2.75) is 31.5 Å². The Labute approximate surface area is 243 Å². The van der Waals surface area contributed by atoms with E-state index in [1.165, 1.54) is 12.1 Å². The van der Waals surface area contributed by atoms with Crippen molar-refractivity contribution in [3.8, 4) is 11.3 Å². The lowest BCUT2D eigenvalue weighted by Crippen LogP contribution is -2.57. The maximum atomic E-state index is 13.2. The van der Waals surface area contributed by atoms with Crippen molar-refractivity contribution in [2.24, 2.45) is 5.41 Å². The molecule has 0 spiro atoms. The number of anilines is 2. The molecule has 6 rings (SSSR count). The van der Waals surface area contributed by atoms with Crippen molar-refractivity contribution in [3.05, 3.63) is 71.9 Å². The quantitative estimate of drug-likeness (QED) is 0.318. The van der Waals surface area contributed by atoms with Crippen LogP contribution in [0.5, 0.6) is 0 Å². The summed E-state index contributed by atoms with van der Waals surface area (Å²) in [6.07, 6.45) is -0.687. The number of nitrogen functional groups attached to an aromatic ring is 1. The SMILES string of the molecule is CC1(C(=O)N2CC(c3nc(-c4ccc(C(=O)Nc5cc(C(F)(F)F)ccn5)cc4)c4c(N)nccn34)C[C@H](O)C2)COC1. The first-order valence-corrected chi connectivity index (χ1v) is 13.6. The molecule has 43 heavy (non-hydrogen) atoms. The number of carbonyl (C=O) groups is 2. The fourth-order valence-electron chi connectivity index (χ4n) is 5.56. The fourth-order valence-corrected chi connectivity index (χ4v) is 5.56. The highest BCUT2D eigenvalue weighted by molar-refractivity contribution is 6.04. The number of aliphatic hydroxyl groups is 1. The molecule has 0 aliphatic carbocycles. The van der Waals surface area contributed by atoms with Gasteiger partial charge in [0.25, 0.3) is 5.91 Å². The van der Waals surface area contributed by atoms with Crippen LogP contribution in [-0.2, 0) is 15.7 Å². The Bertz CT molecular complexity index is 1700. The number of nitrogens with zero attached hydrogens (tertiary/aromatic N) is 5. The predicted molar refractivity (Wildman–Crippen MR) is 149 cm³/mol. The number of fused-ring (bicyclic) bond motifs is 1. The van der Waals surface area contributed by atoms with E-state index in [1.807, 2.05) is 6.92 Å². The van der Waals surface area contributed by atoms with Gasteiger partial charge in [-0.3, -0.25) is 14.0 Å². The van der Waals surface area contributed by atoms with E-state index in [1.54, 1.807) is 33.8 Å². The first kappa shape index (κ1) is 28.6. The number of hydrogen-bond acceptors (Lipinski definition) is 8. The second-order valence-electron chi connectivity index (χ2n) is 11.2. The average Bonchev–Trinajstić information content (AvgIpc) is 3.36. The van der Waals surface area contributed by atoms with Gasteiger partial charge in [0, 0.05) is 48.7 Å². The van der Waals surface area contributed by atoms with Crippen LogP contribution >= 0.6 is 0 Å². The topological polar surface area (TPSA) is 148 Å². The van der Waals surface area contributed by atoms with Crippen LogP contribution in [0.25, 0.3) is 16.8 Å². The lowest BCUT2D eigenvalue weighted by Gasteiger charge is -2.43. The Morgan fingerprint density at radius 2 is 1.86 bits per heavy atom. The lowest BCUT2D eigenvalue weighted by molar-refractivity contribution is -0.172. The molecule has 0 saturated carbocycles. The molecule has 5 heterocycles. The number of aromatic nitrogens is 4. The highest BCUT2D eigenvalue weighted by Gasteiger charge is 2.46. The van der Waals surface area contributed by atoms with Crippen LogP contribution in [0.1, 0.15) is 41.0 Å². The summed E-state index contributed by atoms with van der Waals surface area (Å²) in [6, 6.07) is 7.91. The van der Waals surface area contributed by atoms with E-state index in [4.69, 9.17) is 15.5 Å². The van der Waals surface area contributed by atoms with E-state index in [-0.39, 0.29) is 35.6 Å². The van der Waals surface area contributed by atoms with Crippen LogP contribution in [0.3, 0.4) is 0 Å². The van der Waals surface area contributed by atoms with Crippen molar-refractivity contribution in [3.63, 3.8) is 0 Å². The molecule has 1 aromatic carbocycles. The highest BCUT2D eigenvalue weighted by atomic mass is 19.4. The molecule has 2 aliphatic rings. The number of aliphatic hydroxyl groups excluding tert-OH is 1. The van der Waals surface area contributed by atoms with Crippen molar-refractivity contribution in [2.75, 3.05) is 37.4 Å². The number of β-amino-alcohol motifs (C(OH)–C–C–N with tert-alkyl or cyclic N) is 1. The summed E-state index contributed by atoms with van der Waals surface area (Å²) in [5.74, 6) is -0.417. The predicted octanol–water partition coefficient (Wildman–Crippen LogP) is 3.36. The van der Waals surface area contributed by atoms with Gasteiger partial charge in [0.15, 0.2) is 0 Å². The number of imidazole rings is 1. The van der Waals surface area contributed by atoms with Gasteiger partial charge in [-0.15, -0.1) is 0 Å². The summed E-state index contributed by atoms with van der Waals surface area (Å²) >= 11 is 0. The van der Waals surface area contributed by atoms with Crippen molar-refractivity contribution < 1.29 is 32.6 Å². The summed E-state index contributed by atoms with van der Waals surface area (Å²) < 4.78 is 46.2. The van der Waals surface area contributed by atoms with Crippen LogP contribution in [0.2, 0.25) is 0 Å². The lowest BCUT2D eigenvalue weighted by atomic mass is 9.85. The summed E-state index contributed by atoms with van der Waals surface area (Å²) in [7, 11) is 0. The second-order valence-corrected chi connectivity index (χ2v) is 11.2. The molecule has 0 bridgehead atoms. The summed E-state index contributed by atoms with van der Waals surface area (Å²) in [4.78, 5) is 40.6. The zero-order valence-electron chi connectivity index (χ0n) is 23.0. The van der Waals surface area contributed by atoms with Gasteiger partial charge in [-0.25, -0.2) is 15.0 Å². The molecule has 11 nitrogen and oxygen atoms in total. The number of ether oxygens (including phenoxy) is 1. The number of carbonyl (C=O) groups excluding carboxylic acids is 2. The Balaban J connectivity index is 1.28. The zero-order valence-corrected chi connectivity index (χ0v) is 23.0. The van der Waals surface area contributed by atoms with Gasteiger partial charge in [-0.2, -0.15) is 13.2 Å². The number of hydrogen-bond donors (Lipinski definition) is 3. The molecule has 1 unspecified atom stereocenters. The Morgan fingerprint density at radius 1 is 1.12 bits per heavy atom. The Kier molecular flexibility index (Phi) is 7.05. The monoisotopic (exact) mass is 595 g/mol. The number of nitrogens with two attached hydrogens (primary N) is 1. The minimum atomic E-state index is -4.57. The molecule has 2 amide bonds. The molecule has 4 aromatic rings. The second kappa shape index (κ2) is 10.6. The maximum Gasteiger partial charge on any atom is 0.416 e. The molecule has 2 saturated heterocycles. The Morgan fingerprint density at radius 3 is 2.53 bits per heavy atom. The van der Waals surface area contributed by atoms with E-state index in [9.17, 15) is 27.9 Å². The zero-order chi connectivity index (χ0) is 30.5. The normalized spacial score (nSPS) is 20.1. The smallest absolute Gasteiger partial charge is 0.391 e. The van der Waals surface area contributed by atoms with Gasteiger partial charge in [-0.05, 0) is 37.6 Å². The molecule has 3 aromatic heterocycles. The molecule has 4 N–H and O–H groups in total. The molecule has 2 atom stereocenters. The minimum Gasteiger partial charge on any atom is -0.391 e. The minimum absolute atomic E-state index is 0.0704. The number of amides is 2. The van der Waals surface area contributed by atoms with Crippen LogP contribution < -0.4 is 11.1 Å². The van der Waals surface area contributed by atoms with Crippen LogP contribution in [0, 0.1) is 5.41 Å². The van der Waals surface area contributed by atoms with Crippen molar-refractivity contribution >= 4 is 29.0 Å². The van der Waals surface area contributed by atoms with E-state index in [0.717, 1.165) is 18.3 Å². The number of pyridine rings is 1. The first-order valence-electron chi connectivity index (χ1n) is 13.6. The number of benzene rings is 1. The van der Waals surface area contributed by atoms with Crippen molar-refractivity contribution in [1.29, 1.82) is 0 Å². The summed E-state index contributed by atoms with van der Waals surface area (Å²) in [5.41, 5.74) is 6.56. The molecule has 2 aliphatic heterocycles. The van der Waals surface area contributed by atoms with Gasteiger partial charge in [0.05, 0.1) is 30.3 Å². The molecular formula is C29H28F3N7O4. The van der Waals surface area contributed by atoms with Crippen LogP contribution in [0.4, 0.5) is 24.8 Å². The van der Waals surface area contributed by atoms with Crippen molar-refractivity contribution in [1.82, 2.24) is 24.3 Å². The molecule has 0 radical (unpaired) electrons. The number of halogens is 3. The van der Waals surface area contributed by atoms with Crippen LogP contribution in [-0.4, -0.2) is 73.6 Å². The van der Waals surface area contributed by atoms with E-state index in [0.29, 0.717) is 48.8 Å². The highest BCUT2D eigenvalue weighted by Crippen LogP contribution is 2.37. The van der Waals surface area contributed by atoms with Crippen LogP contribution in [0.15, 0.2) is 55.0 Å². The number of nitrogens with one attached hydrogen (secondary N) is 1. The van der Waals surface area contributed by atoms with E-state index >= 15 is 0 Å². The molecular weight excluding hydrogens is 567 g/mol. The number of alkyl halides is 3. The third-order valence-electron chi connectivity index (χ3n) is 7.80. The van der Waals surface area contributed by atoms with Gasteiger partial charge in [-0.1, -0.05) is 12.1 Å². The first-order chi connectivity index (χ1) is 20.4. The van der Waals surface area contributed by atoms with Gasteiger partial charge in [0.2, 0.25) is 5.91 Å². The standard InChI is InChI=1S/C29H28F3N7O4/c1-28(14-43-15-28)27(42)38-12-18(10-20(40)13-38)25-37-22(23-24(33)35-8-9-39(23)25)16-2-4-17(5-3-16)26(41)36-21-11-19(6-7-34-21)29(30,31)32/h2-9,11,18,20,40H,10,12-15H2,1H3,(H2,33,35)(H,34,36,41)/t18?,20-/m0/s1. The third-order valence-corrected chi connectivity index (χ3v) is 7.80. The maximum absolute atomic E-state index is 13.2. The fraction of sp³-hybridized carbons (Fsp3) is 0.345.